The number of ether oxygens (including phenoxy) is 1. The van der Waals surface area contributed by atoms with Crippen molar-refractivity contribution in [3.8, 4) is 17.0 Å². The second kappa shape index (κ2) is 8.30. The largest absolute Gasteiger partial charge is 0.497 e. The Kier molecular flexibility index (Phi) is 6.13. The van der Waals surface area contributed by atoms with Gasteiger partial charge in [-0.15, -0.1) is 0 Å². The number of hydrogen-bond acceptors (Lipinski definition) is 5. The predicted octanol–water partition coefficient (Wildman–Crippen LogP) is 1.52. The molecule has 0 radical (unpaired) electrons. The van der Waals surface area contributed by atoms with E-state index in [4.69, 9.17) is 20.7 Å². The van der Waals surface area contributed by atoms with Crippen LogP contribution in [0.25, 0.3) is 11.3 Å². The molecule has 1 atom stereocenters. The molecule has 8 heteroatoms. The molecule has 1 aliphatic carbocycles. The van der Waals surface area contributed by atoms with Crippen molar-refractivity contribution in [3.63, 3.8) is 0 Å². The van der Waals surface area contributed by atoms with E-state index in [1.54, 1.807) is 7.11 Å². The fourth-order valence-electron chi connectivity index (χ4n) is 2.68. The third kappa shape index (κ3) is 4.70. The zero-order valence-corrected chi connectivity index (χ0v) is 14.5. The van der Waals surface area contributed by atoms with E-state index in [1.807, 2.05) is 23.9 Å². The van der Waals surface area contributed by atoms with Crippen LogP contribution in [-0.2, 0) is 22.6 Å². The standard InChI is InChI=1S/C14H17N3O.C4H4O4/c1-9(15)8-17-14-11(7-16-17)5-10-3-4-12(18-2)6-13(10)14;5-3(6)1-2-4(7)8/h3-4,6-7,9H,5,8,15H2,1-2H3;1-2H,(H,5,6)(H,7,8)/b;2-1+. The van der Waals surface area contributed by atoms with Gasteiger partial charge in [-0.2, -0.15) is 5.10 Å². The lowest BCUT2D eigenvalue weighted by molar-refractivity contribution is -0.134. The third-order valence-corrected chi connectivity index (χ3v) is 3.70. The van der Waals surface area contributed by atoms with Crippen molar-refractivity contribution in [2.45, 2.75) is 25.9 Å². The molecule has 8 nitrogen and oxygen atoms in total. The summed E-state index contributed by atoms with van der Waals surface area (Å²) in [5.41, 5.74) is 10.9. The zero-order valence-electron chi connectivity index (χ0n) is 14.5. The molecule has 0 saturated carbocycles. The monoisotopic (exact) mass is 359 g/mol. The Labute approximate surface area is 150 Å². The minimum Gasteiger partial charge on any atom is -0.497 e. The first-order chi connectivity index (χ1) is 12.3. The van der Waals surface area contributed by atoms with E-state index in [9.17, 15) is 9.59 Å². The number of rotatable bonds is 5. The van der Waals surface area contributed by atoms with Gasteiger partial charge in [0.1, 0.15) is 5.75 Å². The number of fused-ring (bicyclic) bond motifs is 3. The van der Waals surface area contributed by atoms with E-state index in [1.165, 1.54) is 22.4 Å². The molecule has 138 valence electrons. The highest BCUT2D eigenvalue weighted by molar-refractivity contribution is 5.89. The highest BCUT2D eigenvalue weighted by atomic mass is 16.5. The average molecular weight is 359 g/mol. The first-order valence-corrected chi connectivity index (χ1v) is 7.93. The summed E-state index contributed by atoms with van der Waals surface area (Å²) in [5, 5.41) is 20.1. The molecule has 1 unspecified atom stereocenters. The molecule has 26 heavy (non-hydrogen) atoms. The normalized spacial score (nSPS) is 12.7. The number of benzene rings is 1. The smallest absolute Gasteiger partial charge is 0.328 e. The molecule has 0 fully saturated rings. The predicted molar refractivity (Wildman–Crippen MR) is 95.1 cm³/mol. The molecule has 4 N–H and O–H groups in total. The fraction of sp³-hybridized carbons (Fsp3) is 0.278. The van der Waals surface area contributed by atoms with Crippen LogP contribution in [0.1, 0.15) is 18.1 Å². The lowest BCUT2D eigenvalue weighted by atomic mass is 10.1. The summed E-state index contributed by atoms with van der Waals surface area (Å²) >= 11 is 0. The maximum atomic E-state index is 9.55. The SMILES string of the molecule is COc1ccc2c(c1)-c1c(cnn1CC(C)N)C2.O=C(O)/C=C/C(=O)O. The van der Waals surface area contributed by atoms with Gasteiger partial charge in [-0.05, 0) is 24.6 Å². The number of aliphatic carboxylic acids is 2. The van der Waals surface area contributed by atoms with E-state index in [2.05, 4.69) is 17.2 Å². The van der Waals surface area contributed by atoms with Crippen molar-refractivity contribution in [3.05, 3.63) is 47.7 Å². The van der Waals surface area contributed by atoms with Gasteiger partial charge in [-0.1, -0.05) is 6.07 Å². The minimum absolute atomic E-state index is 0.101. The van der Waals surface area contributed by atoms with Gasteiger partial charge in [0.05, 0.1) is 25.5 Å². The Morgan fingerprint density at radius 2 is 1.96 bits per heavy atom. The van der Waals surface area contributed by atoms with Crippen LogP contribution in [0.15, 0.2) is 36.5 Å². The molecular weight excluding hydrogens is 338 g/mol. The molecule has 0 saturated heterocycles. The molecule has 1 aliphatic rings. The summed E-state index contributed by atoms with van der Waals surface area (Å²) < 4.78 is 7.30. The summed E-state index contributed by atoms with van der Waals surface area (Å²) in [6, 6.07) is 6.32. The van der Waals surface area contributed by atoms with Crippen molar-refractivity contribution >= 4 is 11.9 Å². The molecule has 0 amide bonds. The molecule has 0 bridgehead atoms. The van der Waals surface area contributed by atoms with E-state index in [-0.39, 0.29) is 6.04 Å². The second-order valence-electron chi connectivity index (χ2n) is 5.89. The van der Waals surface area contributed by atoms with Crippen LogP contribution < -0.4 is 10.5 Å². The van der Waals surface area contributed by atoms with Crippen molar-refractivity contribution in [2.75, 3.05) is 7.11 Å². The van der Waals surface area contributed by atoms with Gasteiger partial charge in [0.15, 0.2) is 0 Å². The number of carboxylic acid groups (broad SMARTS) is 2. The lowest BCUT2D eigenvalue weighted by Crippen LogP contribution is -2.23. The van der Waals surface area contributed by atoms with Crippen LogP contribution in [0.3, 0.4) is 0 Å². The van der Waals surface area contributed by atoms with Crippen LogP contribution in [0.5, 0.6) is 5.75 Å². The summed E-state index contributed by atoms with van der Waals surface area (Å²) in [4.78, 5) is 19.1. The molecule has 3 rings (SSSR count). The van der Waals surface area contributed by atoms with E-state index >= 15 is 0 Å². The van der Waals surface area contributed by atoms with E-state index < -0.39 is 11.9 Å². The Morgan fingerprint density at radius 3 is 2.50 bits per heavy atom. The number of methoxy groups -OCH3 is 1. The third-order valence-electron chi connectivity index (χ3n) is 3.70. The van der Waals surface area contributed by atoms with Gasteiger partial charge in [0, 0.05) is 35.7 Å². The Hall–Kier alpha value is -3.13. The highest BCUT2D eigenvalue weighted by Crippen LogP contribution is 2.38. The van der Waals surface area contributed by atoms with Crippen molar-refractivity contribution in [1.29, 1.82) is 0 Å². The molecule has 1 aromatic carbocycles. The summed E-state index contributed by atoms with van der Waals surface area (Å²) in [7, 11) is 1.69. The van der Waals surface area contributed by atoms with Crippen LogP contribution in [0.2, 0.25) is 0 Å². The first-order valence-electron chi connectivity index (χ1n) is 7.93. The topological polar surface area (TPSA) is 128 Å². The number of aromatic nitrogens is 2. The van der Waals surface area contributed by atoms with Gasteiger partial charge in [0.25, 0.3) is 0 Å². The lowest BCUT2D eigenvalue weighted by Gasteiger charge is -2.10. The number of nitrogens with zero attached hydrogens (tertiary/aromatic N) is 2. The van der Waals surface area contributed by atoms with Gasteiger partial charge in [0.2, 0.25) is 0 Å². The van der Waals surface area contributed by atoms with Gasteiger partial charge >= 0.3 is 11.9 Å². The van der Waals surface area contributed by atoms with Crippen molar-refractivity contribution in [1.82, 2.24) is 9.78 Å². The molecular formula is C18H21N3O5. The van der Waals surface area contributed by atoms with Crippen molar-refractivity contribution < 1.29 is 24.5 Å². The molecule has 2 aromatic rings. The molecule has 0 aliphatic heterocycles. The molecule has 1 heterocycles. The minimum atomic E-state index is -1.26. The van der Waals surface area contributed by atoms with Crippen molar-refractivity contribution in [2.24, 2.45) is 5.73 Å². The van der Waals surface area contributed by atoms with Gasteiger partial charge in [-0.3, -0.25) is 4.68 Å². The van der Waals surface area contributed by atoms with Gasteiger partial charge < -0.3 is 20.7 Å². The maximum Gasteiger partial charge on any atom is 0.328 e. The highest BCUT2D eigenvalue weighted by Gasteiger charge is 2.24. The first kappa shape index (κ1) is 19.2. The Morgan fingerprint density at radius 1 is 1.31 bits per heavy atom. The van der Waals surface area contributed by atoms with Crippen LogP contribution >= 0.6 is 0 Å². The second-order valence-corrected chi connectivity index (χ2v) is 5.89. The summed E-state index contributed by atoms with van der Waals surface area (Å²) in [6.45, 7) is 2.74. The molecule has 0 spiro atoms. The number of nitrogens with two attached hydrogens (primary N) is 1. The maximum absolute atomic E-state index is 9.55. The summed E-state index contributed by atoms with van der Waals surface area (Å²) in [6.07, 6.45) is 4.02. The zero-order chi connectivity index (χ0) is 19.3. The fourth-order valence-corrected chi connectivity index (χ4v) is 2.68. The van der Waals surface area contributed by atoms with Crippen LogP contribution in [0.4, 0.5) is 0 Å². The quantitative estimate of drug-likeness (QED) is 0.589. The van der Waals surface area contributed by atoms with Crippen LogP contribution in [0, 0.1) is 0 Å². The number of carbonyl (C=O) groups is 2. The van der Waals surface area contributed by atoms with E-state index in [0.717, 1.165) is 18.7 Å². The average Bonchev–Trinajstić information content (AvgIpc) is 3.12. The number of carboxylic acids is 2. The molecule has 1 aromatic heterocycles. The van der Waals surface area contributed by atoms with Gasteiger partial charge in [-0.25, -0.2) is 9.59 Å². The summed E-state index contributed by atoms with van der Waals surface area (Å²) in [5.74, 6) is -1.63. The van der Waals surface area contributed by atoms with E-state index in [0.29, 0.717) is 12.2 Å². The van der Waals surface area contributed by atoms with Crippen LogP contribution in [-0.4, -0.2) is 45.1 Å². The Bertz CT molecular complexity index is 823. The number of hydrogen-bond donors (Lipinski definition) is 3. The Balaban J connectivity index is 0.000000260.